The van der Waals surface area contributed by atoms with Gasteiger partial charge in [0.1, 0.15) is 12.4 Å². The van der Waals surface area contributed by atoms with Crippen molar-refractivity contribution in [3.63, 3.8) is 0 Å². The van der Waals surface area contributed by atoms with Crippen molar-refractivity contribution in [1.82, 2.24) is 5.32 Å². The SMILES string of the molecule is COc1cc(C(=O)NCCCOc2cccc(C)c2)cc(OC)c1OCc1ccccc1. The predicted molar refractivity (Wildman–Crippen MR) is 124 cm³/mol. The average Bonchev–Trinajstić information content (AvgIpc) is 2.82. The summed E-state index contributed by atoms with van der Waals surface area (Å²) in [6.45, 7) is 3.39. The lowest BCUT2D eigenvalue weighted by Crippen LogP contribution is -2.25. The molecule has 1 N–H and O–H groups in total. The van der Waals surface area contributed by atoms with Gasteiger partial charge in [-0.1, -0.05) is 42.5 Å². The van der Waals surface area contributed by atoms with Crippen LogP contribution >= 0.6 is 0 Å². The van der Waals surface area contributed by atoms with Gasteiger partial charge < -0.3 is 24.3 Å². The first-order valence-corrected chi connectivity index (χ1v) is 10.5. The van der Waals surface area contributed by atoms with Crippen LogP contribution in [0.2, 0.25) is 0 Å². The van der Waals surface area contributed by atoms with E-state index in [-0.39, 0.29) is 5.91 Å². The summed E-state index contributed by atoms with van der Waals surface area (Å²) >= 11 is 0. The molecule has 0 aliphatic heterocycles. The zero-order valence-electron chi connectivity index (χ0n) is 18.7. The van der Waals surface area contributed by atoms with Crippen LogP contribution < -0.4 is 24.3 Å². The molecule has 3 aromatic rings. The van der Waals surface area contributed by atoms with Crippen molar-refractivity contribution in [3.05, 3.63) is 83.4 Å². The molecule has 0 atom stereocenters. The molecule has 3 rings (SSSR count). The van der Waals surface area contributed by atoms with Gasteiger partial charge in [-0.25, -0.2) is 0 Å². The minimum absolute atomic E-state index is 0.216. The zero-order valence-corrected chi connectivity index (χ0v) is 18.7. The number of carbonyl (C=O) groups excluding carboxylic acids is 1. The molecule has 168 valence electrons. The lowest BCUT2D eigenvalue weighted by Gasteiger charge is -2.16. The molecule has 6 nitrogen and oxygen atoms in total. The summed E-state index contributed by atoms with van der Waals surface area (Å²) in [6, 6.07) is 21.0. The summed E-state index contributed by atoms with van der Waals surface area (Å²) < 4.78 is 22.6. The lowest BCUT2D eigenvalue weighted by atomic mass is 10.1. The molecular formula is C26H29NO5. The standard InChI is InChI=1S/C26H29NO5/c1-19-9-7-12-22(15-19)31-14-8-13-27-26(28)21-16-23(29-2)25(24(17-21)30-3)32-18-20-10-5-4-6-11-20/h4-7,9-12,15-17H,8,13-14,18H2,1-3H3,(H,27,28). The fourth-order valence-corrected chi connectivity index (χ4v) is 3.15. The van der Waals surface area contributed by atoms with E-state index in [1.807, 2.05) is 61.5 Å². The number of aryl methyl sites for hydroxylation is 1. The van der Waals surface area contributed by atoms with Crippen LogP contribution in [0.25, 0.3) is 0 Å². The number of hydrogen-bond donors (Lipinski definition) is 1. The number of carbonyl (C=O) groups is 1. The van der Waals surface area contributed by atoms with Crippen LogP contribution in [0.1, 0.15) is 27.9 Å². The Kier molecular flexibility index (Phi) is 8.37. The van der Waals surface area contributed by atoms with Gasteiger partial charge in [0, 0.05) is 12.1 Å². The quantitative estimate of drug-likeness (QED) is 0.439. The second-order valence-electron chi connectivity index (χ2n) is 7.26. The van der Waals surface area contributed by atoms with Gasteiger partial charge in [-0.15, -0.1) is 0 Å². The molecule has 0 radical (unpaired) electrons. The Morgan fingerprint density at radius 1 is 0.875 bits per heavy atom. The highest BCUT2D eigenvalue weighted by atomic mass is 16.5. The van der Waals surface area contributed by atoms with Crippen molar-refractivity contribution in [2.24, 2.45) is 0 Å². The number of benzene rings is 3. The third-order valence-corrected chi connectivity index (χ3v) is 4.81. The van der Waals surface area contributed by atoms with Gasteiger partial charge in [0.05, 0.1) is 20.8 Å². The first kappa shape index (κ1) is 23.0. The number of amides is 1. The van der Waals surface area contributed by atoms with Gasteiger partial charge >= 0.3 is 0 Å². The second-order valence-corrected chi connectivity index (χ2v) is 7.26. The maximum absolute atomic E-state index is 12.6. The summed E-state index contributed by atoms with van der Waals surface area (Å²) in [7, 11) is 3.07. The monoisotopic (exact) mass is 435 g/mol. The number of methoxy groups -OCH3 is 2. The topological polar surface area (TPSA) is 66.0 Å². The van der Waals surface area contributed by atoms with Crippen LogP contribution in [0.3, 0.4) is 0 Å². The summed E-state index contributed by atoms with van der Waals surface area (Å²) in [5, 5.41) is 2.91. The number of ether oxygens (including phenoxy) is 4. The molecule has 0 bridgehead atoms. The Bertz CT molecular complexity index is 995. The summed E-state index contributed by atoms with van der Waals surface area (Å²) in [5.74, 6) is 1.95. The van der Waals surface area contributed by atoms with Gasteiger partial charge in [-0.2, -0.15) is 0 Å². The molecule has 32 heavy (non-hydrogen) atoms. The van der Waals surface area contributed by atoms with Crippen LogP contribution in [-0.4, -0.2) is 33.3 Å². The molecule has 1 amide bonds. The maximum Gasteiger partial charge on any atom is 0.251 e. The molecule has 0 aliphatic rings. The molecule has 0 saturated heterocycles. The van der Waals surface area contributed by atoms with Crippen molar-refractivity contribution in [2.75, 3.05) is 27.4 Å². The Balaban J connectivity index is 1.57. The third kappa shape index (κ3) is 6.41. The highest BCUT2D eigenvalue weighted by molar-refractivity contribution is 5.95. The summed E-state index contributed by atoms with van der Waals surface area (Å²) in [4.78, 5) is 12.6. The molecule has 0 aliphatic carbocycles. The molecule has 0 aromatic heterocycles. The van der Waals surface area contributed by atoms with E-state index in [2.05, 4.69) is 5.32 Å². The summed E-state index contributed by atoms with van der Waals surface area (Å²) in [6.07, 6.45) is 0.687. The van der Waals surface area contributed by atoms with Gasteiger partial charge in [0.2, 0.25) is 5.75 Å². The van der Waals surface area contributed by atoms with Crippen molar-refractivity contribution in [1.29, 1.82) is 0 Å². The van der Waals surface area contributed by atoms with E-state index in [9.17, 15) is 4.79 Å². The normalized spacial score (nSPS) is 10.3. The molecule has 6 heteroatoms. The van der Waals surface area contributed by atoms with Crippen molar-refractivity contribution >= 4 is 5.91 Å². The van der Waals surface area contributed by atoms with Gasteiger partial charge in [-0.3, -0.25) is 4.79 Å². The minimum Gasteiger partial charge on any atom is -0.494 e. The Morgan fingerprint density at radius 3 is 2.25 bits per heavy atom. The first-order chi connectivity index (χ1) is 15.6. The fourth-order valence-electron chi connectivity index (χ4n) is 3.15. The number of hydrogen-bond acceptors (Lipinski definition) is 5. The molecule has 0 spiro atoms. The number of rotatable bonds is 11. The van der Waals surface area contributed by atoms with Crippen LogP contribution in [0.15, 0.2) is 66.7 Å². The highest BCUT2D eigenvalue weighted by Gasteiger charge is 2.18. The molecule has 3 aromatic carbocycles. The predicted octanol–water partition coefficient (Wildman–Crippen LogP) is 4.79. The van der Waals surface area contributed by atoms with E-state index in [1.54, 1.807) is 12.1 Å². The zero-order chi connectivity index (χ0) is 22.8. The van der Waals surface area contributed by atoms with Crippen molar-refractivity contribution < 1.29 is 23.7 Å². The largest absolute Gasteiger partial charge is 0.494 e. The van der Waals surface area contributed by atoms with Crippen LogP contribution in [0.4, 0.5) is 0 Å². The van der Waals surface area contributed by atoms with Crippen LogP contribution in [-0.2, 0) is 6.61 Å². The molecule has 0 saturated carbocycles. The lowest BCUT2D eigenvalue weighted by molar-refractivity contribution is 0.0950. The molecule has 0 fully saturated rings. The maximum atomic E-state index is 12.6. The minimum atomic E-state index is -0.216. The molecular weight excluding hydrogens is 406 g/mol. The smallest absolute Gasteiger partial charge is 0.251 e. The second kappa shape index (κ2) is 11.6. The van der Waals surface area contributed by atoms with E-state index < -0.39 is 0 Å². The highest BCUT2D eigenvalue weighted by Crippen LogP contribution is 2.39. The van der Waals surface area contributed by atoms with Gasteiger partial charge in [0.15, 0.2) is 11.5 Å². The summed E-state index contributed by atoms with van der Waals surface area (Å²) in [5.41, 5.74) is 2.60. The Hall–Kier alpha value is -3.67. The average molecular weight is 436 g/mol. The van der Waals surface area contributed by atoms with E-state index >= 15 is 0 Å². The van der Waals surface area contributed by atoms with Gasteiger partial charge in [-0.05, 0) is 48.7 Å². The van der Waals surface area contributed by atoms with Gasteiger partial charge in [0.25, 0.3) is 5.91 Å². The first-order valence-electron chi connectivity index (χ1n) is 10.5. The van der Waals surface area contributed by atoms with E-state index in [4.69, 9.17) is 18.9 Å². The van der Waals surface area contributed by atoms with E-state index in [0.29, 0.717) is 49.0 Å². The fraction of sp³-hybridized carbons (Fsp3) is 0.269. The molecule has 0 heterocycles. The van der Waals surface area contributed by atoms with Crippen molar-refractivity contribution in [2.45, 2.75) is 20.0 Å². The van der Waals surface area contributed by atoms with E-state index in [0.717, 1.165) is 16.9 Å². The van der Waals surface area contributed by atoms with Crippen LogP contribution in [0, 0.1) is 6.92 Å². The molecule has 0 unspecified atom stereocenters. The van der Waals surface area contributed by atoms with E-state index in [1.165, 1.54) is 14.2 Å². The Morgan fingerprint density at radius 2 is 1.59 bits per heavy atom. The van der Waals surface area contributed by atoms with Crippen LogP contribution in [0.5, 0.6) is 23.0 Å². The Labute approximate surface area is 189 Å². The van der Waals surface area contributed by atoms with Crippen molar-refractivity contribution in [3.8, 4) is 23.0 Å². The third-order valence-electron chi connectivity index (χ3n) is 4.81. The number of nitrogens with one attached hydrogen (secondary N) is 1.